The third-order valence-electron chi connectivity index (χ3n) is 3.25. The molecular formula is C12H15F3N2O2. The van der Waals surface area contributed by atoms with E-state index in [9.17, 15) is 18.3 Å². The summed E-state index contributed by atoms with van der Waals surface area (Å²) < 4.78 is 43.3. The van der Waals surface area contributed by atoms with Gasteiger partial charge in [0.05, 0.1) is 31.6 Å². The van der Waals surface area contributed by atoms with Crippen LogP contribution in [0, 0.1) is 0 Å². The highest BCUT2D eigenvalue weighted by molar-refractivity contribution is 5.51. The zero-order chi connectivity index (χ0) is 14.0. The van der Waals surface area contributed by atoms with Gasteiger partial charge < -0.3 is 14.7 Å². The summed E-state index contributed by atoms with van der Waals surface area (Å²) in [5, 5.41) is 9.22. The van der Waals surface area contributed by atoms with Gasteiger partial charge in [-0.25, -0.2) is 4.98 Å². The highest BCUT2D eigenvalue weighted by atomic mass is 19.4. The first-order valence-electron chi connectivity index (χ1n) is 5.96. The van der Waals surface area contributed by atoms with Crippen LogP contribution in [-0.2, 0) is 6.18 Å². The number of aliphatic hydroxyl groups is 1. The first-order valence-corrected chi connectivity index (χ1v) is 5.96. The molecule has 7 heteroatoms. The number of anilines is 1. The lowest BCUT2D eigenvalue weighted by atomic mass is 10.2. The molecule has 4 nitrogen and oxygen atoms in total. The largest absolute Gasteiger partial charge is 0.481 e. The van der Waals surface area contributed by atoms with Crippen molar-refractivity contribution in [3.05, 3.63) is 17.8 Å². The van der Waals surface area contributed by atoms with Crippen LogP contribution >= 0.6 is 0 Å². The van der Waals surface area contributed by atoms with E-state index in [4.69, 9.17) is 0 Å². The van der Waals surface area contributed by atoms with Crippen LogP contribution < -0.4 is 9.64 Å². The average Bonchev–Trinajstić information content (AvgIpc) is 2.85. The number of hydrogen-bond acceptors (Lipinski definition) is 4. The van der Waals surface area contributed by atoms with E-state index in [2.05, 4.69) is 9.72 Å². The van der Waals surface area contributed by atoms with Crippen LogP contribution in [0.3, 0.4) is 0 Å². The summed E-state index contributed by atoms with van der Waals surface area (Å²) in [5.74, 6) is -0.434. The second kappa shape index (κ2) is 5.24. The van der Waals surface area contributed by atoms with Gasteiger partial charge in [0.25, 0.3) is 0 Å². The van der Waals surface area contributed by atoms with Crippen LogP contribution in [0.4, 0.5) is 18.9 Å². The van der Waals surface area contributed by atoms with E-state index in [0.717, 1.165) is 26.0 Å². The monoisotopic (exact) mass is 276 g/mol. The molecular weight excluding hydrogens is 261 g/mol. The highest BCUT2D eigenvalue weighted by Crippen LogP contribution is 2.38. The zero-order valence-electron chi connectivity index (χ0n) is 10.4. The van der Waals surface area contributed by atoms with Crippen molar-refractivity contribution in [2.45, 2.75) is 25.1 Å². The molecule has 1 atom stereocenters. The van der Waals surface area contributed by atoms with Gasteiger partial charge in [-0.1, -0.05) is 0 Å². The van der Waals surface area contributed by atoms with E-state index < -0.39 is 17.6 Å². The van der Waals surface area contributed by atoms with Crippen molar-refractivity contribution in [3.8, 4) is 5.88 Å². The molecule has 0 aromatic carbocycles. The topological polar surface area (TPSA) is 45.6 Å². The molecule has 0 bridgehead atoms. The van der Waals surface area contributed by atoms with Gasteiger partial charge >= 0.3 is 6.18 Å². The van der Waals surface area contributed by atoms with E-state index in [1.165, 1.54) is 6.20 Å². The minimum atomic E-state index is -4.51. The van der Waals surface area contributed by atoms with Crippen molar-refractivity contribution in [3.63, 3.8) is 0 Å². The molecule has 0 spiro atoms. The van der Waals surface area contributed by atoms with Crippen molar-refractivity contribution in [1.82, 2.24) is 4.98 Å². The number of aromatic nitrogens is 1. The first-order chi connectivity index (χ1) is 8.97. The number of alkyl halides is 3. The molecule has 0 aliphatic carbocycles. The Morgan fingerprint density at radius 3 is 2.84 bits per heavy atom. The Balaban J connectivity index is 2.38. The minimum absolute atomic E-state index is 0.0760. The maximum absolute atomic E-state index is 12.9. The van der Waals surface area contributed by atoms with Gasteiger partial charge in [0.1, 0.15) is 5.56 Å². The van der Waals surface area contributed by atoms with Gasteiger partial charge in [0.15, 0.2) is 0 Å². The normalized spacial score (nSPS) is 19.8. The molecule has 1 aromatic heterocycles. The summed E-state index contributed by atoms with van der Waals surface area (Å²) in [6.45, 7) is 0.546. The number of nitrogens with zero attached hydrogens (tertiary/aromatic N) is 2. The Morgan fingerprint density at radius 1 is 1.53 bits per heavy atom. The Hall–Kier alpha value is -1.50. The van der Waals surface area contributed by atoms with E-state index in [1.807, 2.05) is 0 Å². The van der Waals surface area contributed by atoms with Gasteiger partial charge in [-0.05, 0) is 18.9 Å². The van der Waals surface area contributed by atoms with Crippen LogP contribution in [0.2, 0.25) is 0 Å². The van der Waals surface area contributed by atoms with Crippen molar-refractivity contribution < 1.29 is 23.0 Å². The smallest absolute Gasteiger partial charge is 0.421 e. The Morgan fingerprint density at radius 2 is 2.26 bits per heavy atom. The maximum Gasteiger partial charge on any atom is 0.421 e. The number of pyridine rings is 1. The fraction of sp³-hybridized carbons (Fsp3) is 0.583. The number of methoxy groups -OCH3 is 1. The van der Waals surface area contributed by atoms with Crippen LogP contribution in [0.5, 0.6) is 5.88 Å². The molecule has 19 heavy (non-hydrogen) atoms. The third-order valence-corrected chi connectivity index (χ3v) is 3.25. The SMILES string of the molecule is COc1ncc(N2CCC[C@H]2CO)cc1C(F)(F)F. The first kappa shape index (κ1) is 13.9. The third kappa shape index (κ3) is 2.75. The summed E-state index contributed by atoms with van der Waals surface area (Å²) in [6, 6.07) is 0.885. The lowest BCUT2D eigenvalue weighted by Crippen LogP contribution is -2.32. The Kier molecular flexibility index (Phi) is 3.84. The highest BCUT2D eigenvalue weighted by Gasteiger charge is 2.36. The molecule has 1 aliphatic rings. The van der Waals surface area contributed by atoms with Gasteiger partial charge in [-0.2, -0.15) is 13.2 Å². The van der Waals surface area contributed by atoms with Gasteiger partial charge in [0, 0.05) is 6.54 Å². The molecule has 0 unspecified atom stereocenters. The summed E-state index contributed by atoms with van der Waals surface area (Å²) in [7, 11) is 1.16. The van der Waals surface area contributed by atoms with E-state index in [1.54, 1.807) is 4.90 Å². The molecule has 1 N–H and O–H groups in total. The molecule has 0 radical (unpaired) electrons. The lowest BCUT2D eigenvalue weighted by molar-refractivity contribution is -0.139. The summed E-state index contributed by atoms with van der Waals surface area (Å²) in [6.07, 6.45) is -1.55. The summed E-state index contributed by atoms with van der Waals surface area (Å²) >= 11 is 0. The van der Waals surface area contributed by atoms with Crippen molar-refractivity contribution >= 4 is 5.69 Å². The average molecular weight is 276 g/mol. The summed E-state index contributed by atoms with van der Waals surface area (Å²) in [5.41, 5.74) is -0.527. The molecule has 2 heterocycles. The maximum atomic E-state index is 12.9. The number of aliphatic hydroxyl groups excluding tert-OH is 1. The van der Waals surface area contributed by atoms with Gasteiger partial charge in [-0.15, -0.1) is 0 Å². The van der Waals surface area contributed by atoms with Gasteiger partial charge in [0.2, 0.25) is 5.88 Å². The van der Waals surface area contributed by atoms with Crippen LogP contribution in [-0.4, -0.2) is 36.4 Å². The fourth-order valence-corrected chi connectivity index (χ4v) is 2.33. The predicted octanol–water partition coefficient (Wildman–Crippen LogP) is 2.07. The van der Waals surface area contributed by atoms with Crippen molar-refractivity contribution in [2.24, 2.45) is 0 Å². The molecule has 1 fully saturated rings. The Bertz CT molecular complexity index is 451. The van der Waals surface area contributed by atoms with Crippen LogP contribution in [0.1, 0.15) is 18.4 Å². The fourth-order valence-electron chi connectivity index (χ4n) is 2.33. The van der Waals surface area contributed by atoms with E-state index in [-0.39, 0.29) is 12.6 Å². The molecule has 0 saturated carbocycles. The quantitative estimate of drug-likeness (QED) is 0.918. The van der Waals surface area contributed by atoms with Crippen molar-refractivity contribution in [2.75, 3.05) is 25.2 Å². The molecule has 1 aliphatic heterocycles. The number of rotatable bonds is 3. The number of hydrogen-bond donors (Lipinski definition) is 1. The zero-order valence-corrected chi connectivity index (χ0v) is 10.4. The number of halogens is 3. The molecule has 106 valence electrons. The molecule has 1 aromatic rings. The second-order valence-corrected chi connectivity index (χ2v) is 4.42. The minimum Gasteiger partial charge on any atom is -0.481 e. The lowest BCUT2D eigenvalue weighted by Gasteiger charge is -2.26. The van der Waals surface area contributed by atoms with E-state index in [0.29, 0.717) is 12.2 Å². The standard InChI is InChI=1S/C12H15F3N2O2/c1-19-11-10(12(13,14)15)5-9(6-16-11)17-4-2-3-8(17)7-18/h5-6,8,18H,2-4,7H2,1H3/t8-/m0/s1. The molecule has 2 rings (SSSR count). The summed E-state index contributed by atoms with van der Waals surface area (Å²) in [4.78, 5) is 5.46. The van der Waals surface area contributed by atoms with Crippen LogP contribution in [0.15, 0.2) is 12.3 Å². The van der Waals surface area contributed by atoms with Crippen molar-refractivity contribution in [1.29, 1.82) is 0 Å². The van der Waals surface area contributed by atoms with E-state index >= 15 is 0 Å². The number of ether oxygens (including phenoxy) is 1. The Labute approximate surface area is 108 Å². The second-order valence-electron chi connectivity index (χ2n) is 4.42. The molecule has 0 amide bonds. The predicted molar refractivity (Wildman–Crippen MR) is 63.2 cm³/mol. The molecule has 1 saturated heterocycles. The van der Waals surface area contributed by atoms with Crippen LogP contribution in [0.25, 0.3) is 0 Å². The van der Waals surface area contributed by atoms with Gasteiger partial charge in [-0.3, -0.25) is 0 Å².